The number of aryl methyl sites for hydroxylation is 1. The van der Waals surface area contributed by atoms with Gasteiger partial charge in [-0.2, -0.15) is 4.98 Å². The molecule has 0 aliphatic heterocycles. The first-order chi connectivity index (χ1) is 7.81. The van der Waals surface area contributed by atoms with Crippen LogP contribution in [0.5, 0.6) is 0 Å². The summed E-state index contributed by atoms with van der Waals surface area (Å²) in [6, 6.07) is 0. The number of Topliss-reactive ketones (excluding diaryl/α,β-unsaturated/α-hetero) is 1. The van der Waals surface area contributed by atoms with Gasteiger partial charge in [-0.25, -0.2) is 0 Å². The van der Waals surface area contributed by atoms with E-state index in [0.717, 1.165) is 44.3 Å². The summed E-state index contributed by atoms with van der Waals surface area (Å²) in [7, 11) is 0. The Morgan fingerprint density at radius 2 is 2.31 bits per heavy atom. The van der Waals surface area contributed by atoms with E-state index in [4.69, 9.17) is 4.52 Å². The zero-order valence-corrected chi connectivity index (χ0v) is 9.74. The SMILES string of the molecule is CCCCc1noc(C2CCCCC2=O)n1. The highest BCUT2D eigenvalue weighted by Crippen LogP contribution is 2.28. The van der Waals surface area contributed by atoms with E-state index in [9.17, 15) is 4.79 Å². The molecule has 0 aromatic carbocycles. The van der Waals surface area contributed by atoms with Crippen LogP contribution in [-0.2, 0) is 11.2 Å². The molecule has 2 rings (SSSR count). The number of ketones is 1. The van der Waals surface area contributed by atoms with Crippen LogP contribution in [0.25, 0.3) is 0 Å². The van der Waals surface area contributed by atoms with Crippen molar-refractivity contribution >= 4 is 5.78 Å². The average Bonchev–Trinajstić information content (AvgIpc) is 2.75. The van der Waals surface area contributed by atoms with E-state index in [2.05, 4.69) is 17.1 Å². The van der Waals surface area contributed by atoms with Crippen LogP contribution in [0, 0.1) is 0 Å². The molecule has 1 aromatic heterocycles. The molecule has 1 fully saturated rings. The predicted molar refractivity (Wildman–Crippen MR) is 59.1 cm³/mol. The van der Waals surface area contributed by atoms with Crippen molar-refractivity contribution < 1.29 is 9.32 Å². The molecular weight excluding hydrogens is 204 g/mol. The number of aromatic nitrogens is 2. The lowest BCUT2D eigenvalue weighted by molar-refractivity contribution is -0.122. The Balaban J connectivity index is 2.02. The minimum Gasteiger partial charge on any atom is -0.339 e. The zero-order chi connectivity index (χ0) is 11.4. The summed E-state index contributed by atoms with van der Waals surface area (Å²) in [5, 5.41) is 3.93. The van der Waals surface area contributed by atoms with Gasteiger partial charge < -0.3 is 4.52 Å². The maximum absolute atomic E-state index is 11.7. The second-order valence-corrected chi connectivity index (χ2v) is 4.42. The smallest absolute Gasteiger partial charge is 0.237 e. The van der Waals surface area contributed by atoms with E-state index in [0.29, 0.717) is 12.3 Å². The summed E-state index contributed by atoms with van der Waals surface area (Å²) in [5.74, 6) is 1.42. The maximum atomic E-state index is 11.7. The van der Waals surface area contributed by atoms with Gasteiger partial charge in [0.05, 0.1) is 5.92 Å². The van der Waals surface area contributed by atoms with Crippen molar-refractivity contribution in [1.29, 1.82) is 0 Å². The molecule has 88 valence electrons. The molecule has 16 heavy (non-hydrogen) atoms. The molecule has 4 heteroatoms. The highest BCUT2D eigenvalue weighted by Gasteiger charge is 2.28. The quantitative estimate of drug-likeness (QED) is 0.785. The average molecular weight is 222 g/mol. The monoisotopic (exact) mass is 222 g/mol. The van der Waals surface area contributed by atoms with Crippen LogP contribution < -0.4 is 0 Å². The molecule has 0 bridgehead atoms. The van der Waals surface area contributed by atoms with Gasteiger partial charge in [0, 0.05) is 12.8 Å². The van der Waals surface area contributed by atoms with Crippen LogP contribution >= 0.6 is 0 Å². The predicted octanol–water partition coefficient (Wildman–Crippen LogP) is 2.64. The van der Waals surface area contributed by atoms with E-state index in [1.165, 1.54) is 0 Å². The molecular formula is C12H18N2O2. The number of nitrogens with zero attached hydrogens (tertiary/aromatic N) is 2. The number of unbranched alkanes of at least 4 members (excludes halogenated alkanes) is 1. The minimum atomic E-state index is -0.128. The van der Waals surface area contributed by atoms with Gasteiger partial charge in [0.2, 0.25) is 5.89 Å². The molecule has 4 nitrogen and oxygen atoms in total. The number of carbonyl (C=O) groups excluding carboxylic acids is 1. The molecule has 1 heterocycles. The molecule has 1 atom stereocenters. The highest BCUT2D eigenvalue weighted by atomic mass is 16.5. The fourth-order valence-electron chi connectivity index (χ4n) is 2.09. The molecule has 1 aliphatic carbocycles. The topological polar surface area (TPSA) is 56.0 Å². The molecule has 1 aromatic rings. The van der Waals surface area contributed by atoms with E-state index >= 15 is 0 Å². The first kappa shape index (κ1) is 11.3. The third kappa shape index (κ3) is 2.49. The van der Waals surface area contributed by atoms with Gasteiger partial charge in [-0.15, -0.1) is 0 Å². The standard InChI is InChI=1S/C12H18N2O2/c1-2-3-8-11-13-12(16-14-11)9-6-4-5-7-10(9)15/h9H,2-8H2,1H3. The molecule has 1 unspecified atom stereocenters. The fraction of sp³-hybridized carbons (Fsp3) is 0.750. The Hall–Kier alpha value is -1.19. The first-order valence-corrected chi connectivity index (χ1v) is 6.16. The Labute approximate surface area is 95.4 Å². The van der Waals surface area contributed by atoms with Crippen LogP contribution in [0.3, 0.4) is 0 Å². The summed E-state index contributed by atoms with van der Waals surface area (Å²) in [6.07, 6.45) is 6.66. The van der Waals surface area contributed by atoms with Crippen LogP contribution in [-0.4, -0.2) is 15.9 Å². The van der Waals surface area contributed by atoms with Gasteiger partial charge >= 0.3 is 0 Å². The van der Waals surface area contributed by atoms with Crippen molar-refractivity contribution in [2.75, 3.05) is 0 Å². The Kier molecular flexibility index (Phi) is 3.70. The third-order valence-corrected chi connectivity index (χ3v) is 3.09. The number of hydrogen-bond donors (Lipinski definition) is 0. The second-order valence-electron chi connectivity index (χ2n) is 4.42. The molecule has 0 amide bonds. The number of rotatable bonds is 4. The Morgan fingerprint density at radius 3 is 3.06 bits per heavy atom. The molecule has 1 saturated carbocycles. The lowest BCUT2D eigenvalue weighted by atomic mass is 9.88. The largest absolute Gasteiger partial charge is 0.339 e. The van der Waals surface area contributed by atoms with Crippen LogP contribution in [0.1, 0.15) is 63.1 Å². The molecule has 0 radical (unpaired) electrons. The molecule has 0 N–H and O–H groups in total. The normalized spacial score (nSPS) is 21.3. The van der Waals surface area contributed by atoms with Crippen molar-refractivity contribution in [2.24, 2.45) is 0 Å². The first-order valence-electron chi connectivity index (χ1n) is 6.16. The minimum absolute atomic E-state index is 0.128. The third-order valence-electron chi connectivity index (χ3n) is 3.09. The van der Waals surface area contributed by atoms with Gasteiger partial charge in [-0.3, -0.25) is 4.79 Å². The van der Waals surface area contributed by atoms with E-state index in [1.807, 2.05) is 0 Å². The van der Waals surface area contributed by atoms with Gasteiger partial charge in [0.15, 0.2) is 5.82 Å². The molecule has 1 aliphatic rings. The van der Waals surface area contributed by atoms with E-state index in [-0.39, 0.29) is 11.7 Å². The number of hydrogen-bond acceptors (Lipinski definition) is 4. The summed E-state index contributed by atoms with van der Waals surface area (Å²) in [4.78, 5) is 16.0. The van der Waals surface area contributed by atoms with Crippen molar-refractivity contribution in [3.05, 3.63) is 11.7 Å². The van der Waals surface area contributed by atoms with Crippen molar-refractivity contribution in [2.45, 2.75) is 57.8 Å². The summed E-state index contributed by atoms with van der Waals surface area (Å²) < 4.78 is 5.19. The zero-order valence-electron chi connectivity index (χ0n) is 9.74. The summed E-state index contributed by atoms with van der Waals surface area (Å²) in [5.41, 5.74) is 0. The van der Waals surface area contributed by atoms with E-state index < -0.39 is 0 Å². The summed E-state index contributed by atoms with van der Waals surface area (Å²) >= 11 is 0. The van der Waals surface area contributed by atoms with Gasteiger partial charge in [-0.1, -0.05) is 24.9 Å². The highest BCUT2D eigenvalue weighted by molar-refractivity contribution is 5.85. The summed E-state index contributed by atoms with van der Waals surface area (Å²) in [6.45, 7) is 2.13. The lowest BCUT2D eigenvalue weighted by Gasteiger charge is -2.16. The Morgan fingerprint density at radius 1 is 1.44 bits per heavy atom. The van der Waals surface area contributed by atoms with Crippen molar-refractivity contribution in [1.82, 2.24) is 10.1 Å². The lowest BCUT2D eigenvalue weighted by Crippen LogP contribution is -2.17. The van der Waals surface area contributed by atoms with Gasteiger partial charge in [0.25, 0.3) is 0 Å². The van der Waals surface area contributed by atoms with Crippen LogP contribution in [0.15, 0.2) is 4.52 Å². The fourth-order valence-corrected chi connectivity index (χ4v) is 2.09. The molecule has 0 spiro atoms. The van der Waals surface area contributed by atoms with Crippen LogP contribution in [0.4, 0.5) is 0 Å². The Bertz CT molecular complexity index is 360. The number of carbonyl (C=O) groups is 1. The van der Waals surface area contributed by atoms with E-state index in [1.54, 1.807) is 0 Å². The van der Waals surface area contributed by atoms with Crippen LogP contribution in [0.2, 0.25) is 0 Å². The van der Waals surface area contributed by atoms with Crippen molar-refractivity contribution in [3.8, 4) is 0 Å². The van der Waals surface area contributed by atoms with Crippen molar-refractivity contribution in [3.63, 3.8) is 0 Å². The van der Waals surface area contributed by atoms with Gasteiger partial charge in [-0.05, 0) is 19.3 Å². The molecule has 0 saturated heterocycles. The van der Waals surface area contributed by atoms with Gasteiger partial charge in [0.1, 0.15) is 5.78 Å². The maximum Gasteiger partial charge on any atom is 0.237 e. The second kappa shape index (κ2) is 5.23.